The quantitative estimate of drug-likeness (QED) is 0.559. The number of carbonyl (C=O) groups is 1. The van der Waals surface area contributed by atoms with Gasteiger partial charge >= 0.3 is 6.18 Å². The first-order valence-electron chi connectivity index (χ1n) is 10.9. The highest BCUT2D eigenvalue weighted by Crippen LogP contribution is 2.35. The molecule has 0 aliphatic carbocycles. The number of benzene rings is 2. The average molecular weight is 458 g/mol. The second-order valence-corrected chi connectivity index (χ2v) is 8.09. The van der Waals surface area contributed by atoms with E-state index in [1.807, 2.05) is 0 Å². The zero-order valence-electron chi connectivity index (χ0n) is 18.4. The van der Waals surface area contributed by atoms with E-state index in [-0.39, 0.29) is 23.0 Å². The molecule has 0 saturated carbocycles. The van der Waals surface area contributed by atoms with Gasteiger partial charge in [-0.05, 0) is 51.1 Å². The smallest absolute Gasteiger partial charge is 0.416 e. The van der Waals surface area contributed by atoms with Gasteiger partial charge in [-0.2, -0.15) is 13.2 Å². The van der Waals surface area contributed by atoms with E-state index in [4.69, 9.17) is 4.74 Å². The second kappa shape index (κ2) is 9.35. The molecule has 1 atom stereocenters. The standard InChI is InChI=1S/C24H25F3N4O2/c1-3-31-9-5-6-18(31)13-33-19-11-16(24(25,26)27)10-17(12-19)30-23(32)21-8-4-7-20-15(2)28-14-29-22(20)21/h4,7-8,10-12,14,18H,3,5-6,9,13H2,1-2H3,(H,30,32). The number of alkyl halides is 3. The maximum absolute atomic E-state index is 13.5. The Balaban J connectivity index is 1.60. The molecule has 1 unspecified atom stereocenters. The van der Waals surface area contributed by atoms with Crippen molar-refractivity contribution in [2.24, 2.45) is 0 Å². The van der Waals surface area contributed by atoms with Crippen molar-refractivity contribution in [3.05, 3.63) is 59.5 Å². The maximum atomic E-state index is 13.5. The number of para-hydroxylation sites is 1. The van der Waals surface area contributed by atoms with E-state index in [1.54, 1.807) is 25.1 Å². The van der Waals surface area contributed by atoms with Crippen LogP contribution in [-0.2, 0) is 6.18 Å². The van der Waals surface area contributed by atoms with Crippen LogP contribution in [0, 0.1) is 6.92 Å². The number of aromatic nitrogens is 2. The highest BCUT2D eigenvalue weighted by atomic mass is 19.4. The summed E-state index contributed by atoms with van der Waals surface area (Å²) in [4.78, 5) is 23.5. The van der Waals surface area contributed by atoms with Gasteiger partial charge in [-0.1, -0.05) is 19.1 Å². The molecule has 0 bridgehead atoms. The molecule has 2 heterocycles. The lowest BCUT2D eigenvalue weighted by atomic mass is 10.1. The monoisotopic (exact) mass is 458 g/mol. The third-order valence-electron chi connectivity index (χ3n) is 5.95. The SMILES string of the molecule is CCN1CCCC1COc1cc(NC(=O)c2cccc3c(C)ncnc23)cc(C(F)(F)F)c1. The van der Waals surface area contributed by atoms with Crippen LogP contribution in [0.5, 0.6) is 5.75 Å². The Labute approximate surface area is 189 Å². The van der Waals surface area contributed by atoms with Crippen LogP contribution in [0.1, 0.15) is 41.4 Å². The van der Waals surface area contributed by atoms with Gasteiger partial charge in [-0.3, -0.25) is 9.69 Å². The molecule has 1 saturated heterocycles. The first kappa shape index (κ1) is 23.0. The Morgan fingerprint density at radius 2 is 2.06 bits per heavy atom. The summed E-state index contributed by atoms with van der Waals surface area (Å²) < 4.78 is 46.3. The summed E-state index contributed by atoms with van der Waals surface area (Å²) in [6.45, 7) is 5.97. The number of nitrogens with zero attached hydrogens (tertiary/aromatic N) is 3. The van der Waals surface area contributed by atoms with Crippen molar-refractivity contribution in [3.63, 3.8) is 0 Å². The average Bonchev–Trinajstić information content (AvgIpc) is 3.24. The molecular weight excluding hydrogens is 433 g/mol. The summed E-state index contributed by atoms with van der Waals surface area (Å²) in [5, 5.41) is 3.28. The first-order valence-corrected chi connectivity index (χ1v) is 10.9. The Kier molecular flexibility index (Phi) is 6.51. The molecular formula is C24H25F3N4O2. The van der Waals surface area contributed by atoms with Gasteiger partial charge in [0, 0.05) is 28.9 Å². The largest absolute Gasteiger partial charge is 0.492 e. The summed E-state index contributed by atoms with van der Waals surface area (Å²) in [5.74, 6) is -0.490. The first-order chi connectivity index (χ1) is 15.8. The lowest BCUT2D eigenvalue weighted by Gasteiger charge is -2.23. The molecule has 1 amide bonds. The number of halogens is 3. The lowest BCUT2D eigenvalue weighted by molar-refractivity contribution is -0.137. The summed E-state index contributed by atoms with van der Waals surface area (Å²) >= 11 is 0. The van der Waals surface area contributed by atoms with Gasteiger partial charge in [0.25, 0.3) is 5.91 Å². The third-order valence-corrected chi connectivity index (χ3v) is 5.95. The molecule has 0 spiro atoms. The number of carbonyl (C=O) groups excluding carboxylic acids is 1. The molecule has 174 valence electrons. The van der Waals surface area contributed by atoms with Gasteiger partial charge in [0.1, 0.15) is 18.7 Å². The van der Waals surface area contributed by atoms with Gasteiger partial charge in [0.2, 0.25) is 0 Å². The number of hydrogen-bond acceptors (Lipinski definition) is 5. The van der Waals surface area contributed by atoms with E-state index in [1.165, 1.54) is 12.4 Å². The molecule has 1 N–H and O–H groups in total. The molecule has 4 rings (SSSR count). The zero-order chi connectivity index (χ0) is 23.6. The normalized spacial score (nSPS) is 16.8. The molecule has 9 heteroatoms. The molecule has 6 nitrogen and oxygen atoms in total. The lowest BCUT2D eigenvalue weighted by Crippen LogP contribution is -2.33. The summed E-state index contributed by atoms with van der Waals surface area (Å²) in [6, 6.07) is 8.52. The van der Waals surface area contributed by atoms with Crippen LogP contribution < -0.4 is 10.1 Å². The number of likely N-dealkylation sites (tertiary alicyclic amines) is 1. The molecule has 1 aliphatic heterocycles. The Morgan fingerprint density at radius 3 is 2.82 bits per heavy atom. The highest BCUT2D eigenvalue weighted by Gasteiger charge is 2.32. The number of nitrogens with one attached hydrogen (secondary N) is 1. The van der Waals surface area contributed by atoms with Crippen LogP contribution in [0.4, 0.5) is 18.9 Å². The minimum absolute atomic E-state index is 0.00590. The molecule has 1 aromatic heterocycles. The number of fused-ring (bicyclic) bond motifs is 1. The van der Waals surface area contributed by atoms with Gasteiger partial charge in [0.05, 0.1) is 16.6 Å². The predicted octanol–water partition coefficient (Wildman–Crippen LogP) is 5.07. The number of aryl methyl sites for hydroxylation is 1. The number of likely N-dealkylation sites (N-methyl/N-ethyl adjacent to an activating group) is 1. The summed E-state index contributed by atoms with van der Waals surface area (Å²) in [6.07, 6.45) is -1.24. The van der Waals surface area contributed by atoms with E-state index in [9.17, 15) is 18.0 Å². The Hall–Kier alpha value is -3.20. The second-order valence-electron chi connectivity index (χ2n) is 8.09. The van der Waals surface area contributed by atoms with E-state index >= 15 is 0 Å². The third kappa shape index (κ3) is 5.08. The van der Waals surface area contributed by atoms with Gasteiger partial charge in [-0.15, -0.1) is 0 Å². The Bertz CT molecular complexity index is 1170. The van der Waals surface area contributed by atoms with E-state index < -0.39 is 17.6 Å². The van der Waals surface area contributed by atoms with E-state index in [0.717, 1.165) is 38.1 Å². The topological polar surface area (TPSA) is 67.3 Å². The van der Waals surface area contributed by atoms with Crippen LogP contribution in [0.15, 0.2) is 42.7 Å². The van der Waals surface area contributed by atoms with Crippen LogP contribution >= 0.6 is 0 Å². The number of ether oxygens (including phenoxy) is 1. The summed E-state index contributed by atoms with van der Waals surface area (Å²) in [7, 11) is 0. The van der Waals surface area contributed by atoms with Crippen molar-refractivity contribution in [2.45, 2.75) is 38.9 Å². The molecule has 1 fully saturated rings. The van der Waals surface area contributed by atoms with Crippen LogP contribution in [0.25, 0.3) is 10.9 Å². The van der Waals surface area contributed by atoms with Gasteiger partial charge < -0.3 is 10.1 Å². The van der Waals surface area contributed by atoms with Crippen molar-refractivity contribution in [2.75, 3.05) is 25.0 Å². The van der Waals surface area contributed by atoms with E-state index in [2.05, 4.69) is 27.1 Å². The minimum Gasteiger partial charge on any atom is -0.492 e. The predicted molar refractivity (Wildman–Crippen MR) is 119 cm³/mol. The Morgan fingerprint density at radius 1 is 1.24 bits per heavy atom. The van der Waals surface area contributed by atoms with Crippen molar-refractivity contribution >= 4 is 22.5 Å². The van der Waals surface area contributed by atoms with Crippen molar-refractivity contribution in [1.82, 2.24) is 14.9 Å². The summed E-state index contributed by atoms with van der Waals surface area (Å²) in [5.41, 5.74) is 0.517. The van der Waals surface area contributed by atoms with Crippen molar-refractivity contribution < 1.29 is 22.7 Å². The van der Waals surface area contributed by atoms with Crippen LogP contribution in [0.2, 0.25) is 0 Å². The molecule has 3 aromatic rings. The fourth-order valence-electron chi connectivity index (χ4n) is 4.21. The van der Waals surface area contributed by atoms with E-state index in [0.29, 0.717) is 23.2 Å². The number of rotatable bonds is 6. The van der Waals surface area contributed by atoms with Gasteiger partial charge in [0.15, 0.2) is 0 Å². The molecule has 1 aliphatic rings. The minimum atomic E-state index is -4.58. The van der Waals surface area contributed by atoms with Gasteiger partial charge in [-0.25, -0.2) is 9.97 Å². The van der Waals surface area contributed by atoms with Crippen molar-refractivity contribution in [1.29, 1.82) is 0 Å². The molecule has 0 radical (unpaired) electrons. The fourth-order valence-corrected chi connectivity index (χ4v) is 4.21. The zero-order valence-corrected chi connectivity index (χ0v) is 18.4. The number of anilines is 1. The van der Waals surface area contributed by atoms with Crippen molar-refractivity contribution in [3.8, 4) is 5.75 Å². The molecule has 2 aromatic carbocycles. The fraction of sp³-hybridized carbons (Fsp3) is 0.375. The maximum Gasteiger partial charge on any atom is 0.416 e. The molecule has 33 heavy (non-hydrogen) atoms. The van der Waals surface area contributed by atoms with Crippen LogP contribution in [0.3, 0.4) is 0 Å². The highest BCUT2D eigenvalue weighted by molar-refractivity contribution is 6.12. The van der Waals surface area contributed by atoms with Crippen LogP contribution in [-0.4, -0.2) is 46.5 Å². The number of amides is 1. The number of hydrogen-bond donors (Lipinski definition) is 1.